The fourth-order valence-electron chi connectivity index (χ4n) is 2.08. The van der Waals surface area contributed by atoms with E-state index in [0.29, 0.717) is 11.3 Å². The molecule has 1 aliphatic rings. The molecule has 0 aromatic heterocycles. The Bertz CT molecular complexity index is 546. The molecule has 1 aromatic rings. The summed E-state index contributed by atoms with van der Waals surface area (Å²) >= 11 is 0. The van der Waals surface area contributed by atoms with Crippen LogP contribution in [0.15, 0.2) is 35.5 Å². The molecule has 19 heavy (non-hydrogen) atoms. The Morgan fingerprint density at radius 1 is 1.21 bits per heavy atom. The quantitative estimate of drug-likeness (QED) is 0.797. The van der Waals surface area contributed by atoms with Crippen molar-refractivity contribution in [1.29, 1.82) is 0 Å². The molecular weight excluding hydrogens is 244 g/mol. The topological polar surface area (TPSA) is 67.4 Å². The Hall–Kier alpha value is -2.30. The zero-order valence-electron chi connectivity index (χ0n) is 11.1. The number of amides is 2. The number of esters is 1. The van der Waals surface area contributed by atoms with Crippen LogP contribution in [-0.4, -0.2) is 19.1 Å². The van der Waals surface area contributed by atoms with Gasteiger partial charge < -0.3 is 15.4 Å². The molecule has 0 unspecified atom stereocenters. The normalized spacial score (nSPS) is 18.7. The first-order valence-electron chi connectivity index (χ1n) is 5.96. The lowest BCUT2D eigenvalue weighted by Crippen LogP contribution is -2.45. The number of carbonyl (C=O) groups excluding carboxylic acids is 2. The van der Waals surface area contributed by atoms with E-state index in [1.807, 2.05) is 31.2 Å². The molecular formula is C14H16N2O3. The number of ether oxygens (including phenoxy) is 1. The summed E-state index contributed by atoms with van der Waals surface area (Å²) in [6.45, 7) is 3.67. The van der Waals surface area contributed by atoms with Gasteiger partial charge in [-0.1, -0.05) is 29.8 Å². The molecule has 0 bridgehead atoms. The van der Waals surface area contributed by atoms with E-state index in [4.69, 9.17) is 4.74 Å². The number of aryl methyl sites for hydroxylation is 1. The lowest BCUT2D eigenvalue weighted by Gasteiger charge is -2.27. The predicted octanol–water partition coefficient (Wildman–Crippen LogP) is 1.80. The van der Waals surface area contributed by atoms with Crippen LogP contribution >= 0.6 is 0 Å². The molecule has 0 aliphatic carbocycles. The van der Waals surface area contributed by atoms with Gasteiger partial charge in [0, 0.05) is 5.70 Å². The lowest BCUT2D eigenvalue weighted by molar-refractivity contribution is -0.136. The number of carbonyl (C=O) groups is 2. The molecule has 0 saturated carbocycles. The molecule has 0 radical (unpaired) electrons. The van der Waals surface area contributed by atoms with Crippen molar-refractivity contribution < 1.29 is 14.3 Å². The Morgan fingerprint density at radius 3 is 2.42 bits per heavy atom. The highest BCUT2D eigenvalue weighted by Crippen LogP contribution is 2.27. The minimum Gasteiger partial charge on any atom is -0.466 e. The number of allylic oxidation sites excluding steroid dienone is 1. The first kappa shape index (κ1) is 13.1. The summed E-state index contributed by atoms with van der Waals surface area (Å²) in [5.74, 6) is -0.449. The summed E-state index contributed by atoms with van der Waals surface area (Å²) in [5, 5.41) is 5.32. The zero-order valence-corrected chi connectivity index (χ0v) is 11.1. The van der Waals surface area contributed by atoms with Crippen LogP contribution in [0.2, 0.25) is 0 Å². The van der Waals surface area contributed by atoms with Gasteiger partial charge in [-0.2, -0.15) is 0 Å². The average molecular weight is 260 g/mol. The lowest BCUT2D eigenvalue weighted by atomic mass is 9.95. The third kappa shape index (κ3) is 2.59. The van der Waals surface area contributed by atoms with E-state index in [0.717, 1.165) is 11.1 Å². The smallest absolute Gasteiger partial charge is 0.337 e. The number of hydrogen-bond acceptors (Lipinski definition) is 3. The predicted molar refractivity (Wildman–Crippen MR) is 70.3 cm³/mol. The van der Waals surface area contributed by atoms with Gasteiger partial charge in [-0.25, -0.2) is 9.59 Å². The molecule has 2 N–H and O–H groups in total. The van der Waals surface area contributed by atoms with E-state index in [-0.39, 0.29) is 6.03 Å². The monoisotopic (exact) mass is 260 g/mol. The van der Waals surface area contributed by atoms with Gasteiger partial charge in [0.1, 0.15) is 0 Å². The molecule has 2 amide bonds. The maximum absolute atomic E-state index is 11.9. The van der Waals surface area contributed by atoms with E-state index < -0.39 is 12.0 Å². The van der Waals surface area contributed by atoms with Gasteiger partial charge >= 0.3 is 12.0 Å². The fourth-order valence-corrected chi connectivity index (χ4v) is 2.08. The van der Waals surface area contributed by atoms with Crippen LogP contribution < -0.4 is 10.6 Å². The van der Waals surface area contributed by atoms with Crippen LogP contribution in [0.5, 0.6) is 0 Å². The van der Waals surface area contributed by atoms with Crippen molar-refractivity contribution in [3.63, 3.8) is 0 Å². The van der Waals surface area contributed by atoms with Crippen molar-refractivity contribution in [3.8, 4) is 0 Å². The van der Waals surface area contributed by atoms with Crippen LogP contribution in [0.3, 0.4) is 0 Å². The first-order chi connectivity index (χ1) is 9.02. The number of hydrogen-bond donors (Lipinski definition) is 2. The molecule has 0 spiro atoms. The molecule has 1 atom stereocenters. The van der Waals surface area contributed by atoms with E-state index in [1.54, 1.807) is 6.92 Å². The number of rotatable bonds is 2. The Labute approximate surface area is 111 Å². The van der Waals surface area contributed by atoms with Gasteiger partial charge in [0.05, 0.1) is 18.7 Å². The Kier molecular flexibility index (Phi) is 3.55. The van der Waals surface area contributed by atoms with Crippen molar-refractivity contribution in [1.82, 2.24) is 10.6 Å². The summed E-state index contributed by atoms with van der Waals surface area (Å²) in [5.41, 5.74) is 2.90. The van der Waals surface area contributed by atoms with Crippen LogP contribution in [0.4, 0.5) is 4.79 Å². The highest BCUT2D eigenvalue weighted by Gasteiger charge is 2.31. The largest absolute Gasteiger partial charge is 0.466 e. The maximum Gasteiger partial charge on any atom is 0.337 e. The summed E-state index contributed by atoms with van der Waals surface area (Å²) in [6.07, 6.45) is 0. The molecule has 2 rings (SSSR count). The van der Waals surface area contributed by atoms with Crippen LogP contribution in [0, 0.1) is 6.92 Å². The van der Waals surface area contributed by atoms with Crippen molar-refractivity contribution in [3.05, 3.63) is 46.7 Å². The fraction of sp³-hybridized carbons (Fsp3) is 0.286. The van der Waals surface area contributed by atoms with E-state index in [2.05, 4.69) is 10.6 Å². The van der Waals surface area contributed by atoms with Gasteiger partial charge in [-0.3, -0.25) is 0 Å². The summed E-state index contributed by atoms with van der Waals surface area (Å²) in [7, 11) is 1.32. The van der Waals surface area contributed by atoms with Gasteiger partial charge in [-0.15, -0.1) is 0 Å². The second kappa shape index (κ2) is 5.14. The SMILES string of the molecule is COC(=O)C1=C(C)NC(=O)N[C@@H]1c1ccc(C)cc1. The van der Waals surface area contributed by atoms with Crippen molar-refractivity contribution in [2.45, 2.75) is 19.9 Å². The van der Waals surface area contributed by atoms with Gasteiger partial charge in [-0.05, 0) is 19.4 Å². The van der Waals surface area contributed by atoms with Gasteiger partial charge in [0.25, 0.3) is 0 Å². The number of methoxy groups -OCH3 is 1. The molecule has 5 heteroatoms. The Morgan fingerprint density at radius 2 is 1.84 bits per heavy atom. The van der Waals surface area contributed by atoms with Crippen LogP contribution in [0.25, 0.3) is 0 Å². The zero-order chi connectivity index (χ0) is 14.0. The average Bonchev–Trinajstić information content (AvgIpc) is 2.38. The van der Waals surface area contributed by atoms with Crippen LogP contribution in [0.1, 0.15) is 24.1 Å². The standard InChI is InChI=1S/C14H16N2O3/c1-8-4-6-10(7-5-8)12-11(13(17)19-3)9(2)15-14(18)16-12/h4-7,12H,1-3H3,(H2,15,16,18)/t12-/m1/s1. The molecule has 100 valence electrons. The third-order valence-electron chi connectivity index (χ3n) is 3.09. The van der Waals surface area contributed by atoms with E-state index in [1.165, 1.54) is 7.11 Å². The second-order valence-corrected chi connectivity index (χ2v) is 4.47. The molecule has 5 nitrogen and oxygen atoms in total. The van der Waals surface area contributed by atoms with Crippen molar-refractivity contribution >= 4 is 12.0 Å². The van der Waals surface area contributed by atoms with Crippen molar-refractivity contribution in [2.75, 3.05) is 7.11 Å². The minimum absolute atomic E-state index is 0.323. The summed E-state index contributed by atoms with van der Waals surface area (Å²) < 4.78 is 4.78. The number of benzene rings is 1. The van der Waals surface area contributed by atoms with Gasteiger partial charge in [0.2, 0.25) is 0 Å². The number of nitrogens with one attached hydrogen (secondary N) is 2. The first-order valence-corrected chi connectivity index (χ1v) is 5.96. The van der Waals surface area contributed by atoms with Crippen molar-refractivity contribution in [2.24, 2.45) is 0 Å². The second-order valence-electron chi connectivity index (χ2n) is 4.47. The maximum atomic E-state index is 11.9. The molecule has 0 saturated heterocycles. The van der Waals surface area contributed by atoms with E-state index in [9.17, 15) is 9.59 Å². The van der Waals surface area contributed by atoms with Gasteiger partial charge in [0.15, 0.2) is 0 Å². The highest BCUT2D eigenvalue weighted by atomic mass is 16.5. The van der Waals surface area contributed by atoms with Crippen LogP contribution in [-0.2, 0) is 9.53 Å². The third-order valence-corrected chi connectivity index (χ3v) is 3.09. The Balaban J connectivity index is 2.46. The highest BCUT2D eigenvalue weighted by molar-refractivity contribution is 5.94. The van der Waals surface area contributed by atoms with E-state index >= 15 is 0 Å². The molecule has 1 heterocycles. The molecule has 0 fully saturated rings. The number of urea groups is 1. The molecule has 1 aliphatic heterocycles. The molecule has 1 aromatic carbocycles. The summed E-state index contributed by atoms with van der Waals surface area (Å²) in [6, 6.07) is 6.85. The minimum atomic E-state index is -0.484. The summed E-state index contributed by atoms with van der Waals surface area (Å²) in [4.78, 5) is 23.4.